The van der Waals surface area contributed by atoms with E-state index in [1.807, 2.05) is 12.4 Å². The van der Waals surface area contributed by atoms with Crippen molar-refractivity contribution in [3.05, 3.63) is 29.6 Å². The molecule has 0 radical (unpaired) electrons. The van der Waals surface area contributed by atoms with Crippen molar-refractivity contribution in [3.63, 3.8) is 0 Å². The van der Waals surface area contributed by atoms with Crippen LogP contribution in [0.4, 0.5) is 0 Å². The maximum Gasteiger partial charge on any atom is 0.0306 e. The monoisotopic (exact) mass is 162 g/mol. The van der Waals surface area contributed by atoms with E-state index in [1.54, 1.807) is 0 Å². The number of nitrogens with two attached hydrogens (primary N) is 1. The Hall–Kier alpha value is -0.890. The first kappa shape index (κ1) is 7.74. The quantitative estimate of drug-likeness (QED) is 0.676. The fourth-order valence-electron chi connectivity index (χ4n) is 2.11. The first-order valence-electron chi connectivity index (χ1n) is 4.45. The van der Waals surface area contributed by atoms with Gasteiger partial charge >= 0.3 is 0 Å². The highest BCUT2D eigenvalue weighted by Gasteiger charge is 2.27. The standard InChI is InChI=1S/C10H14N2/c1-7-4-8-2-3-12-6-10(8)9(7)5-11/h2-3,6-7,9H,4-5,11H2,1H3. The van der Waals surface area contributed by atoms with E-state index in [2.05, 4.69) is 18.0 Å². The Bertz CT molecular complexity index is 283. The fourth-order valence-corrected chi connectivity index (χ4v) is 2.11. The van der Waals surface area contributed by atoms with Gasteiger partial charge in [-0.3, -0.25) is 4.98 Å². The van der Waals surface area contributed by atoms with Crippen LogP contribution in [0.5, 0.6) is 0 Å². The number of nitrogens with zero attached hydrogens (tertiary/aromatic N) is 1. The minimum Gasteiger partial charge on any atom is -0.330 e. The predicted molar refractivity (Wildman–Crippen MR) is 48.9 cm³/mol. The zero-order valence-electron chi connectivity index (χ0n) is 7.33. The SMILES string of the molecule is CC1Cc2ccncc2C1CN. The summed E-state index contributed by atoms with van der Waals surface area (Å²) in [6.07, 6.45) is 5.00. The summed E-state index contributed by atoms with van der Waals surface area (Å²) in [7, 11) is 0. The van der Waals surface area contributed by atoms with Gasteiger partial charge in [-0.15, -0.1) is 0 Å². The Morgan fingerprint density at radius 3 is 3.25 bits per heavy atom. The molecule has 0 bridgehead atoms. The molecule has 2 heteroatoms. The Morgan fingerprint density at radius 2 is 2.50 bits per heavy atom. The van der Waals surface area contributed by atoms with Crippen LogP contribution in [0, 0.1) is 5.92 Å². The molecule has 0 fully saturated rings. The molecule has 2 rings (SSSR count). The molecule has 0 amide bonds. The lowest BCUT2D eigenvalue weighted by atomic mass is 9.95. The number of hydrogen-bond donors (Lipinski definition) is 1. The molecule has 0 aliphatic heterocycles. The zero-order chi connectivity index (χ0) is 8.55. The largest absolute Gasteiger partial charge is 0.330 e. The number of rotatable bonds is 1. The van der Waals surface area contributed by atoms with Gasteiger partial charge in [0.05, 0.1) is 0 Å². The van der Waals surface area contributed by atoms with Crippen molar-refractivity contribution in [1.82, 2.24) is 4.98 Å². The zero-order valence-corrected chi connectivity index (χ0v) is 7.33. The van der Waals surface area contributed by atoms with Gasteiger partial charge in [-0.25, -0.2) is 0 Å². The lowest BCUT2D eigenvalue weighted by Gasteiger charge is -2.12. The fraction of sp³-hybridized carbons (Fsp3) is 0.500. The Kier molecular flexibility index (Phi) is 1.85. The van der Waals surface area contributed by atoms with Crippen LogP contribution >= 0.6 is 0 Å². The van der Waals surface area contributed by atoms with Gasteiger partial charge < -0.3 is 5.73 Å². The lowest BCUT2D eigenvalue weighted by Crippen LogP contribution is -2.15. The summed E-state index contributed by atoms with van der Waals surface area (Å²) in [6.45, 7) is 3.01. The average Bonchev–Trinajstić information content (AvgIpc) is 2.40. The van der Waals surface area contributed by atoms with Crippen LogP contribution in [0.15, 0.2) is 18.5 Å². The van der Waals surface area contributed by atoms with Gasteiger partial charge in [-0.2, -0.15) is 0 Å². The van der Waals surface area contributed by atoms with Crippen LogP contribution in [0.3, 0.4) is 0 Å². The van der Waals surface area contributed by atoms with Crippen molar-refractivity contribution in [2.45, 2.75) is 19.3 Å². The highest BCUT2D eigenvalue weighted by atomic mass is 14.6. The molecule has 0 aromatic carbocycles. The molecule has 1 aliphatic carbocycles. The first-order valence-corrected chi connectivity index (χ1v) is 4.45. The summed E-state index contributed by atoms with van der Waals surface area (Å²) >= 11 is 0. The number of hydrogen-bond acceptors (Lipinski definition) is 2. The second kappa shape index (κ2) is 2.87. The van der Waals surface area contributed by atoms with E-state index in [0.717, 1.165) is 6.54 Å². The minimum atomic E-state index is 0.536. The van der Waals surface area contributed by atoms with Crippen LogP contribution in [-0.4, -0.2) is 11.5 Å². The molecule has 0 spiro atoms. The summed E-state index contributed by atoms with van der Waals surface area (Å²) in [5.41, 5.74) is 8.52. The Balaban J connectivity index is 2.40. The van der Waals surface area contributed by atoms with Crippen molar-refractivity contribution < 1.29 is 0 Å². The van der Waals surface area contributed by atoms with Gasteiger partial charge in [0.2, 0.25) is 0 Å². The molecule has 12 heavy (non-hydrogen) atoms. The molecular weight excluding hydrogens is 148 g/mol. The van der Waals surface area contributed by atoms with Crippen LogP contribution in [0.2, 0.25) is 0 Å². The topological polar surface area (TPSA) is 38.9 Å². The molecule has 2 unspecified atom stereocenters. The lowest BCUT2D eigenvalue weighted by molar-refractivity contribution is 0.505. The van der Waals surface area contributed by atoms with E-state index in [0.29, 0.717) is 11.8 Å². The maximum atomic E-state index is 5.71. The minimum absolute atomic E-state index is 0.536. The van der Waals surface area contributed by atoms with Crippen molar-refractivity contribution in [2.24, 2.45) is 11.7 Å². The molecule has 1 aromatic rings. The maximum absolute atomic E-state index is 5.71. The van der Waals surface area contributed by atoms with Gasteiger partial charge in [0, 0.05) is 18.3 Å². The van der Waals surface area contributed by atoms with Crippen molar-refractivity contribution >= 4 is 0 Å². The molecule has 0 saturated carbocycles. The highest BCUT2D eigenvalue weighted by molar-refractivity contribution is 5.33. The second-order valence-corrected chi connectivity index (χ2v) is 3.60. The molecule has 1 heterocycles. The smallest absolute Gasteiger partial charge is 0.0306 e. The van der Waals surface area contributed by atoms with Gasteiger partial charge in [0.1, 0.15) is 0 Å². The van der Waals surface area contributed by atoms with E-state index < -0.39 is 0 Å². The molecule has 0 saturated heterocycles. The van der Waals surface area contributed by atoms with E-state index in [9.17, 15) is 0 Å². The first-order chi connectivity index (χ1) is 5.83. The summed E-state index contributed by atoms with van der Waals surface area (Å²) < 4.78 is 0. The second-order valence-electron chi connectivity index (χ2n) is 3.60. The number of aromatic nitrogens is 1. The molecule has 2 N–H and O–H groups in total. The van der Waals surface area contributed by atoms with Crippen LogP contribution in [-0.2, 0) is 6.42 Å². The highest BCUT2D eigenvalue weighted by Crippen LogP contribution is 2.35. The van der Waals surface area contributed by atoms with Crippen molar-refractivity contribution in [2.75, 3.05) is 6.54 Å². The molecule has 64 valence electrons. The van der Waals surface area contributed by atoms with Crippen LogP contribution in [0.25, 0.3) is 0 Å². The van der Waals surface area contributed by atoms with E-state index >= 15 is 0 Å². The van der Waals surface area contributed by atoms with Gasteiger partial charge in [0.25, 0.3) is 0 Å². The van der Waals surface area contributed by atoms with Crippen molar-refractivity contribution in [1.29, 1.82) is 0 Å². The third-order valence-corrected chi connectivity index (χ3v) is 2.83. The van der Waals surface area contributed by atoms with E-state index in [4.69, 9.17) is 5.73 Å². The summed E-state index contributed by atoms with van der Waals surface area (Å²) in [5.74, 6) is 1.22. The molecular formula is C10H14N2. The Labute approximate surface area is 72.8 Å². The molecule has 2 atom stereocenters. The van der Waals surface area contributed by atoms with E-state index in [1.165, 1.54) is 17.5 Å². The molecule has 1 aliphatic rings. The van der Waals surface area contributed by atoms with Gasteiger partial charge in [-0.05, 0) is 36.1 Å². The summed E-state index contributed by atoms with van der Waals surface area (Å²) in [4.78, 5) is 4.13. The Morgan fingerprint density at radius 1 is 1.67 bits per heavy atom. The number of fused-ring (bicyclic) bond motifs is 1. The van der Waals surface area contributed by atoms with Crippen molar-refractivity contribution in [3.8, 4) is 0 Å². The third-order valence-electron chi connectivity index (χ3n) is 2.83. The average molecular weight is 162 g/mol. The van der Waals surface area contributed by atoms with Gasteiger partial charge in [0.15, 0.2) is 0 Å². The normalized spacial score (nSPS) is 27.2. The molecule has 1 aromatic heterocycles. The van der Waals surface area contributed by atoms with E-state index in [-0.39, 0.29) is 0 Å². The molecule has 2 nitrogen and oxygen atoms in total. The van der Waals surface area contributed by atoms with Crippen LogP contribution < -0.4 is 5.73 Å². The summed E-state index contributed by atoms with van der Waals surface area (Å²) in [5, 5.41) is 0. The van der Waals surface area contributed by atoms with Crippen LogP contribution in [0.1, 0.15) is 24.0 Å². The van der Waals surface area contributed by atoms with Gasteiger partial charge in [-0.1, -0.05) is 6.92 Å². The summed E-state index contributed by atoms with van der Waals surface area (Å²) in [6, 6.07) is 2.11. The number of pyridine rings is 1. The predicted octanol–water partition coefficient (Wildman–Crippen LogP) is 1.32. The third kappa shape index (κ3) is 1.03.